The first-order chi connectivity index (χ1) is 12.0. The van der Waals surface area contributed by atoms with Crippen molar-refractivity contribution in [2.24, 2.45) is 5.92 Å². The summed E-state index contributed by atoms with van der Waals surface area (Å²) in [6.45, 7) is 2.66. The predicted octanol–water partition coefficient (Wildman–Crippen LogP) is 2.42. The maximum Gasteiger partial charge on any atom is 0.244 e. The van der Waals surface area contributed by atoms with Crippen LogP contribution in [-0.2, 0) is 14.8 Å². The van der Waals surface area contributed by atoms with Crippen LogP contribution in [0, 0.1) is 5.92 Å². The number of carbonyl (C=O) groups excluding carboxylic acids is 1. The summed E-state index contributed by atoms with van der Waals surface area (Å²) in [7, 11) is -3.53. The number of aromatic nitrogens is 1. The van der Waals surface area contributed by atoms with E-state index in [-0.39, 0.29) is 22.8 Å². The van der Waals surface area contributed by atoms with Gasteiger partial charge in [0.25, 0.3) is 0 Å². The number of hydrogen-bond donors (Lipinski definition) is 1. The smallest absolute Gasteiger partial charge is 0.244 e. The number of pyridine rings is 1. The van der Waals surface area contributed by atoms with Crippen LogP contribution in [0.5, 0.6) is 0 Å². The fraction of sp³-hybridized carbons (Fsp3) is 0.412. The van der Waals surface area contributed by atoms with Crippen molar-refractivity contribution in [1.82, 2.24) is 14.6 Å². The minimum atomic E-state index is -3.53. The highest BCUT2D eigenvalue weighted by atomic mass is 32.2. The molecule has 1 N–H and O–H groups in total. The number of thiophene rings is 1. The molecule has 25 heavy (non-hydrogen) atoms. The summed E-state index contributed by atoms with van der Waals surface area (Å²) < 4.78 is 26.6. The van der Waals surface area contributed by atoms with Crippen LogP contribution in [0.2, 0.25) is 0 Å². The molecule has 0 unspecified atom stereocenters. The average molecular weight is 380 g/mol. The van der Waals surface area contributed by atoms with Gasteiger partial charge in [-0.2, -0.15) is 4.31 Å². The molecule has 1 atom stereocenters. The first kappa shape index (κ1) is 18.0. The molecule has 0 spiro atoms. The summed E-state index contributed by atoms with van der Waals surface area (Å²) in [5.41, 5.74) is 0. The highest BCUT2D eigenvalue weighted by molar-refractivity contribution is 7.89. The molecule has 1 fully saturated rings. The summed E-state index contributed by atoms with van der Waals surface area (Å²) in [6, 6.07) is 7.09. The van der Waals surface area contributed by atoms with Crippen LogP contribution in [0.25, 0.3) is 0 Å². The van der Waals surface area contributed by atoms with Gasteiger partial charge in [-0.05, 0) is 43.3 Å². The molecule has 8 heteroatoms. The molecule has 0 aliphatic carbocycles. The molecule has 2 aromatic rings. The maximum absolute atomic E-state index is 12.6. The van der Waals surface area contributed by atoms with Crippen LogP contribution in [0.4, 0.5) is 0 Å². The van der Waals surface area contributed by atoms with Gasteiger partial charge in [0.05, 0.1) is 6.04 Å². The van der Waals surface area contributed by atoms with Crippen LogP contribution in [0.3, 0.4) is 0 Å². The lowest BCUT2D eigenvalue weighted by molar-refractivity contribution is -0.126. The number of amides is 1. The number of sulfonamides is 1. The fourth-order valence-electron chi connectivity index (χ4n) is 2.95. The van der Waals surface area contributed by atoms with E-state index in [4.69, 9.17) is 0 Å². The molecule has 6 nitrogen and oxygen atoms in total. The maximum atomic E-state index is 12.6. The monoisotopic (exact) mass is 379 g/mol. The van der Waals surface area contributed by atoms with Gasteiger partial charge in [-0.25, -0.2) is 8.42 Å². The number of nitrogens with one attached hydrogen (secondary N) is 1. The summed E-state index contributed by atoms with van der Waals surface area (Å²) >= 11 is 1.61. The van der Waals surface area contributed by atoms with Crippen molar-refractivity contribution < 1.29 is 13.2 Å². The van der Waals surface area contributed by atoms with Crippen molar-refractivity contribution in [3.63, 3.8) is 0 Å². The van der Waals surface area contributed by atoms with E-state index in [9.17, 15) is 13.2 Å². The second kappa shape index (κ2) is 7.63. The second-order valence-electron chi connectivity index (χ2n) is 6.11. The zero-order valence-corrected chi connectivity index (χ0v) is 15.6. The Morgan fingerprint density at radius 2 is 2.08 bits per heavy atom. The van der Waals surface area contributed by atoms with E-state index in [0.717, 1.165) is 4.88 Å². The number of carbonyl (C=O) groups is 1. The Balaban J connectivity index is 1.57. The molecule has 3 rings (SSSR count). The summed E-state index contributed by atoms with van der Waals surface area (Å²) in [6.07, 6.45) is 3.96. The van der Waals surface area contributed by atoms with E-state index in [1.165, 1.54) is 10.5 Å². The van der Waals surface area contributed by atoms with Crippen LogP contribution < -0.4 is 5.32 Å². The van der Waals surface area contributed by atoms with Gasteiger partial charge in [0, 0.05) is 36.3 Å². The van der Waals surface area contributed by atoms with Gasteiger partial charge in [-0.15, -0.1) is 11.3 Å². The molecule has 1 aliphatic rings. The molecule has 0 bridgehead atoms. The van der Waals surface area contributed by atoms with Gasteiger partial charge in [-0.3, -0.25) is 9.78 Å². The number of rotatable bonds is 5. The van der Waals surface area contributed by atoms with Crippen molar-refractivity contribution in [2.45, 2.75) is 30.7 Å². The summed E-state index contributed by atoms with van der Waals surface area (Å²) in [5.74, 6) is -0.151. The van der Waals surface area contributed by atoms with E-state index in [0.29, 0.717) is 25.9 Å². The molecule has 1 saturated heterocycles. The van der Waals surface area contributed by atoms with Crippen molar-refractivity contribution >= 4 is 27.3 Å². The van der Waals surface area contributed by atoms with Gasteiger partial charge in [0.2, 0.25) is 15.9 Å². The Hall–Kier alpha value is -1.77. The summed E-state index contributed by atoms with van der Waals surface area (Å²) in [5, 5.41) is 5.02. The van der Waals surface area contributed by atoms with Gasteiger partial charge in [0.1, 0.15) is 4.90 Å². The van der Waals surface area contributed by atoms with Crippen molar-refractivity contribution in [1.29, 1.82) is 0 Å². The Labute approximate surface area is 151 Å². The molecule has 134 valence electrons. The molecule has 3 heterocycles. The third-order valence-electron chi connectivity index (χ3n) is 4.43. The molecule has 0 aromatic carbocycles. The molecule has 0 radical (unpaired) electrons. The Bertz CT molecular complexity index is 799. The van der Waals surface area contributed by atoms with E-state index in [1.807, 2.05) is 24.4 Å². The lowest BCUT2D eigenvalue weighted by Gasteiger charge is -2.31. The predicted molar refractivity (Wildman–Crippen MR) is 96.6 cm³/mol. The van der Waals surface area contributed by atoms with Gasteiger partial charge >= 0.3 is 0 Å². The Morgan fingerprint density at radius 1 is 1.32 bits per heavy atom. The zero-order valence-electron chi connectivity index (χ0n) is 14.0. The van der Waals surface area contributed by atoms with Crippen LogP contribution in [0.15, 0.2) is 46.9 Å². The first-order valence-corrected chi connectivity index (χ1v) is 10.5. The van der Waals surface area contributed by atoms with Crippen LogP contribution >= 0.6 is 11.3 Å². The topological polar surface area (TPSA) is 79.4 Å². The highest BCUT2D eigenvalue weighted by Gasteiger charge is 2.32. The van der Waals surface area contributed by atoms with E-state index in [1.54, 1.807) is 29.7 Å². The number of piperidine rings is 1. The van der Waals surface area contributed by atoms with Gasteiger partial charge in [-0.1, -0.05) is 6.07 Å². The lowest BCUT2D eigenvalue weighted by atomic mass is 9.97. The molecular formula is C17H21N3O3S2. The minimum absolute atomic E-state index is 0.000624. The van der Waals surface area contributed by atoms with Crippen LogP contribution in [0.1, 0.15) is 30.7 Å². The molecule has 1 aliphatic heterocycles. The van der Waals surface area contributed by atoms with Crippen molar-refractivity contribution in [2.75, 3.05) is 13.1 Å². The molecule has 1 amide bonds. The van der Waals surface area contributed by atoms with E-state index in [2.05, 4.69) is 10.3 Å². The highest BCUT2D eigenvalue weighted by Crippen LogP contribution is 2.25. The van der Waals surface area contributed by atoms with Crippen molar-refractivity contribution in [3.05, 3.63) is 46.9 Å². The normalized spacial score (nSPS) is 18.0. The van der Waals surface area contributed by atoms with Crippen LogP contribution in [-0.4, -0.2) is 36.7 Å². The number of nitrogens with zero attached hydrogens (tertiary/aromatic N) is 2. The Morgan fingerprint density at radius 3 is 2.68 bits per heavy atom. The average Bonchev–Trinajstić information content (AvgIpc) is 3.17. The largest absolute Gasteiger partial charge is 0.349 e. The van der Waals surface area contributed by atoms with E-state index >= 15 is 0 Å². The van der Waals surface area contributed by atoms with E-state index < -0.39 is 10.0 Å². The third kappa shape index (κ3) is 4.08. The lowest BCUT2D eigenvalue weighted by Crippen LogP contribution is -2.43. The number of hydrogen-bond acceptors (Lipinski definition) is 5. The zero-order chi connectivity index (χ0) is 17.9. The third-order valence-corrected chi connectivity index (χ3v) is 7.36. The molecule has 2 aromatic heterocycles. The van der Waals surface area contributed by atoms with Crippen molar-refractivity contribution in [3.8, 4) is 0 Å². The Kier molecular flexibility index (Phi) is 5.51. The SMILES string of the molecule is C[C@H](NC(=O)C1CCN(S(=O)(=O)c2cccnc2)CC1)c1cccs1. The summed E-state index contributed by atoms with van der Waals surface area (Å²) in [4.78, 5) is 17.6. The van der Waals surface area contributed by atoms with Gasteiger partial charge < -0.3 is 5.32 Å². The standard InChI is InChI=1S/C17H21N3O3S2/c1-13(16-5-3-11-24-16)19-17(21)14-6-9-20(10-7-14)25(22,23)15-4-2-8-18-12-15/h2-5,8,11-14H,6-7,9-10H2,1H3,(H,19,21)/t13-/m0/s1. The molecule has 0 saturated carbocycles. The fourth-order valence-corrected chi connectivity index (χ4v) is 5.12. The molecular weight excluding hydrogens is 358 g/mol. The second-order valence-corrected chi connectivity index (χ2v) is 9.03. The quantitative estimate of drug-likeness (QED) is 0.865. The minimum Gasteiger partial charge on any atom is -0.349 e. The van der Waals surface area contributed by atoms with Gasteiger partial charge in [0.15, 0.2) is 0 Å². The first-order valence-electron chi connectivity index (χ1n) is 8.22.